The molecule has 1 aliphatic carbocycles. The number of fused-ring (bicyclic) bond motifs is 2. The minimum Gasteiger partial charge on any atom is -0.353 e. The maximum atomic E-state index is 13.9. The molecule has 1 amide bonds. The number of anilines is 1. The molecule has 186 valence electrons. The van der Waals surface area contributed by atoms with E-state index in [1.54, 1.807) is 24.7 Å². The summed E-state index contributed by atoms with van der Waals surface area (Å²) in [6, 6.07) is 18.4. The molecule has 6 aromatic rings. The van der Waals surface area contributed by atoms with E-state index >= 15 is 0 Å². The standard InChI is InChI=1S/C30H23FN6O/c31-21-6-2-5-19(11-21)28-24-14-27(35-25(24)9-10-33-28)29-23-13-18(7-8-26(23)36-37-29)20-12-22(16-32-15-20)34-30(38)17-3-1-4-17/h2,5-17,35H,1,3-4H2,(H,34,38)(H,36,37). The van der Waals surface area contributed by atoms with Crippen LogP contribution < -0.4 is 5.32 Å². The van der Waals surface area contributed by atoms with Crippen LogP contribution >= 0.6 is 0 Å². The zero-order valence-electron chi connectivity index (χ0n) is 20.3. The average Bonchev–Trinajstić information content (AvgIpc) is 3.51. The van der Waals surface area contributed by atoms with Crippen molar-refractivity contribution in [1.29, 1.82) is 0 Å². The maximum absolute atomic E-state index is 13.9. The van der Waals surface area contributed by atoms with Gasteiger partial charge in [0.15, 0.2) is 0 Å². The summed E-state index contributed by atoms with van der Waals surface area (Å²) in [7, 11) is 0. The van der Waals surface area contributed by atoms with Crippen molar-refractivity contribution in [3.05, 3.63) is 85.1 Å². The number of amides is 1. The van der Waals surface area contributed by atoms with Gasteiger partial charge in [-0.1, -0.05) is 24.6 Å². The SMILES string of the molecule is O=C(Nc1cncc(-c2ccc3[nH]nc(-c4cc5c(-c6cccc(F)c6)nccc5[nH]4)c3c2)c1)C1CCC1. The van der Waals surface area contributed by atoms with Crippen molar-refractivity contribution < 1.29 is 9.18 Å². The van der Waals surface area contributed by atoms with E-state index in [1.807, 2.05) is 36.4 Å². The predicted octanol–water partition coefficient (Wildman–Crippen LogP) is 6.71. The second-order valence-corrected chi connectivity index (χ2v) is 9.73. The lowest BCUT2D eigenvalue weighted by Gasteiger charge is -2.24. The van der Waals surface area contributed by atoms with Crippen LogP contribution in [0.5, 0.6) is 0 Å². The van der Waals surface area contributed by atoms with Crippen molar-refractivity contribution in [3.8, 4) is 33.8 Å². The number of hydrogen-bond donors (Lipinski definition) is 3. The van der Waals surface area contributed by atoms with E-state index in [4.69, 9.17) is 0 Å². The van der Waals surface area contributed by atoms with Gasteiger partial charge >= 0.3 is 0 Å². The van der Waals surface area contributed by atoms with E-state index in [1.165, 1.54) is 12.1 Å². The molecule has 1 fully saturated rings. The zero-order valence-corrected chi connectivity index (χ0v) is 20.3. The number of nitrogens with one attached hydrogen (secondary N) is 3. The Hall–Kier alpha value is -4.85. The van der Waals surface area contributed by atoms with E-state index < -0.39 is 0 Å². The van der Waals surface area contributed by atoms with Crippen LogP contribution in [0.3, 0.4) is 0 Å². The van der Waals surface area contributed by atoms with Gasteiger partial charge < -0.3 is 10.3 Å². The lowest BCUT2D eigenvalue weighted by atomic mass is 9.85. The van der Waals surface area contributed by atoms with E-state index in [-0.39, 0.29) is 17.6 Å². The molecule has 0 aliphatic heterocycles. The lowest BCUT2D eigenvalue weighted by molar-refractivity contribution is -0.122. The van der Waals surface area contributed by atoms with E-state index in [0.717, 1.165) is 63.6 Å². The molecule has 8 heteroatoms. The molecule has 4 heterocycles. The summed E-state index contributed by atoms with van der Waals surface area (Å²) in [5.41, 5.74) is 7.36. The Morgan fingerprint density at radius 2 is 1.79 bits per heavy atom. The molecule has 0 radical (unpaired) electrons. The summed E-state index contributed by atoms with van der Waals surface area (Å²) >= 11 is 0. The first-order valence-electron chi connectivity index (χ1n) is 12.6. The Labute approximate surface area is 217 Å². The molecule has 0 atom stereocenters. The quantitative estimate of drug-likeness (QED) is 0.244. The highest BCUT2D eigenvalue weighted by atomic mass is 19.1. The third-order valence-corrected chi connectivity index (χ3v) is 7.28. The number of benzene rings is 2. The number of nitrogens with zero attached hydrogens (tertiary/aromatic N) is 3. The molecular weight excluding hydrogens is 479 g/mol. The largest absolute Gasteiger partial charge is 0.353 e. The molecule has 1 saturated carbocycles. The summed E-state index contributed by atoms with van der Waals surface area (Å²) in [6.07, 6.45) is 8.20. The highest BCUT2D eigenvalue weighted by molar-refractivity contribution is 6.01. The smallest absolute Gasteiger partial charge is 0.227 e. The number of aromatic amines is 2. The predicted molar refractivity (Wildman–Crippen MR) is 146 cm³/mol. The number of hydrogen-bond acceptors (Lipinski definition) is 4. The van der Waals surface area contributed by atoms with E-state index in [0.29, 0.717) is 16.9 Å². The molecule has 0 spiro atoms. The van der Waals surface area contributed by atoms with Crippen LogP contribution in [0.2, 0.25) is 0 Å². The van der Waals surface area contributed by atoms with E-state index in [2.05, 4.69) is 36.5 Å². The Morgan fingerprint density at radius 1 is 0.895 bits per heavy atom. The van der Waals surface area contributed by atoms with Crippen molar-refractivity contribution >= 4 is 33.4 Å². The number of pyridine rings is 2. The third kappa shape index (κ3) is 3.91. The Morgan fingerprint density at radius 3 is 2.63 bits per heavy atom. The van der Waals surface area contributed by atoms with Gasteiger partial charge in [0, 0.05) is 45.7 Å². The van der Waals surface area contributed by atoms with Gasteiger partial charge in [0.05, 0.1) is 28.8 Å². The minimum absolute atomic E-state index is 0.0636. The number of carbonyl (C=O) groups excluding carboxylic acids is 1. The fourth-order valence-corrected chi connectivity index (χ4v) is 5.03. The summed E-state index contributed by atoms with van der Waals surface area (Å²) in [6.45, 7) is 0. The highest BCUT2D eigenvalue weighted by Crippen LogP contribution is 2.35. The Balaban J connectivity index is 1.26. The van der Waals surface area contributed by atoms with Crippen LogP contribution in [-0.2, 0) is 4.79 Å². The summed E-state index contributed by atoms with van der Waals surface area (Å²) in [5.74, 6) is -0.130. The Kier molecular flexibility index (Phi) is 5.25. The van der Waals surface area contributed by atoms with Crippen molar-refractivity contribution in [2.75, 3.05) is 5.32 Å². The zero-order chi connectivity index (χ0) is 25.6. The number of H-pyrrole nitrogens is 2. The van der Waals surface area contributed by atoms with Crippen LogP contribution in [0.1, 0.15) is 19.3 Å². The van der Waals surface area contributed by atoms with Crippen molar-refractivity contribution in [1.82, 2.24) is 25.1 Å². The van der Waals surface area contributed by atoms with Gasteiger partial charge in [0.1, 0.15) is 11.5 Å². The van der Waals surface area contributed by atoms with Gasteiger partial charge in [0.25, 0.3) is 0 Å². The van der Waals surface area contributed by atoms with Crippen molar-refractivity contribution in [2.45, 2.75) is 19.3 Å². The number of halogens is 1. The fourth-order valence-electron chi connectivity index (χ4n) is 5.03. The molecule has 2 aromatic carbocycles. The first kappa shape index (κ1) is 22.4. The monoisotopic (exact) mass is 502 g/mol. The molecule has 1 aliphatic rings. The summed E-state index contributed by atoms with van der Waals surface area (Å²) < 4.78 is 13.9. The van der Waals surface area contributed by atoms with Crippen LogP contribution in [0.15, 0.2) is 79.3 Å². The number of aromatic nitrogens is 5. The van der Waals surface area contributed by atoms with Gasteiger partial charge in [-0.15, -0.1) is 0 Å². The number of rotatable bonds is 5. The summed E-state index contributed by atoms with van der Waals surface area (Å²) in [5, 5.41) is 12.6. The fraction of sp³-hybridized carbons (Fsp3) is 0.133. The number of carbonyl (C=O) groups is 1. The van der Waals surface area contributed by atoms with Gasteiger partial charge in [-0.25, -0.2) is 4.39 Å². The molecule has 0 bridgehead atoms. The van der Waals surface area contributed by atoms with Crippen molar-refractivity contribution in [2.24, 2.45) is 5.92 Å². The molecule has 4 aromatic heterocycles. The topological polar surface area (TPSA) is 99.3 Å². The average molecular weight is 503 g/mol. The molecule has 7 nitrogen and oxygen atoms in total. The van der Waals surface area contributed by atoms with Gasteiger partial charge in [-0.3, -0.25) is 19.9 Å². The molecule has 38 heavy (non-hydrogen) atoms. The molecule has 7 rings (SSSR count). The maximum Gasteiger partial charge on any atom is 0.227 e. The molecule has 0 unspecified atom stereocenters. The highest BCUT2D eigenvalue weighted by Gasteiger charge is 2.25. The van der Waals surface area contributed by atoms with E-state index in [9.17, 15) is 9.18 Å². The molecule has 3 N–H and O–H groups in total. The summed E-state index contributed by atoms with van der Waals surface area (Å²) in [4.78, 5) is 24.7. The molecule has 0 saturated heterocycles. The minimum atomic E-state index is -0.302. The van der Waals surface area contributed by atoms with Crippen LogP contribution in [0, 0.1) is 11.7 Å². The van der Waals surface area contributed by atoms with Crippen molar-refractivity contribution in [3.63, 3.8) is 0 Å². The van der Waals surface area contributed by atoms with Gasteiger partial charge in [0.2, 0.25) is 5.91 Å². The lowest BCUT2D eigenvalue weighted by Crippen LogP contribution is -2.28. The van der Waals surface area contributed by atoms with Crippen LogP contribution in [-0.4, -0.2) is 31.1 Å². The molecular formula is C30H23FN6O. The third-order valence-electron chi connectivity index (χ3n) is 7.28. The normalized spacial score (nSPS) is 13.6. The van der Waals surface area contributed by atoms with Gasteiger partial charge in [-0.05, 0) is 60.9 Å². The van der Waals surface area contributed by atoms with Crippen LogP contribution in [0.4, 0.5) is 10.1 Å². The second kappa shape index (κ2) is 8.92. The second-order valence-electron chi connectivity index (χ2n) is 9.73. The first-order valence-corrected chi connectivity index (χ1v) is 12.6. The van der Waals surface area contributed by atoms with Crippen LogP contribution in [0.25, 0.3) is 55.6 Å². The Bertz CT molecular complexity index is 1830. The van der Waals surface area contributed by atoms with Gasteiger partial charge in [-0.2, -0.15) is 5.10 Å². The first-order chi connectivity index (χ1) is 18.6.